The number of ether oxygens (including phenoxy) is 2. The van der Waals surface area contributed by atoms with Crippen LogP contribution in [0.3, 0.4) is 0 Å². The van der Waals surface area contributed by atoms with Crippen LogP contribution in [0.2, 0.25) is 0 Å². The number of benzene rings is 2. The Morgan fingerprint density at radius 1 is 1.05 bits per heavy atom. The summed E-state index contributed by atoms with van der Waals surface area (Å²) in [5.74, 6) is -4.20. The highest BCUT2D eigenvalue weighted by Gasteiger charge is 2.49. The molecular weight excluding hydrogens is 484 g/mol. The van der Waals surface area contributed by atoms with Crippen molar-refractivity contribution in [2.24, 2.45) is 5.92 Å². The Labute approximate surface area is 212 Å². The number of aromatic hydroxyl groups is 3. The van der Waals surface area contributed by atoms with Gasteiger partial charge in [-0.3, -0.25) is 14.4 Å². The van der Waals surface area contributed by atoms with Crippen LogP contribution in [0.5, 0.6) is 17.2 Å². The Kier molecular flexibility index (Phi) is 5.91. The van der Waals surface area contributed by atoms with E-state index in [2.05, 4.69) is 0 Å². The van der Waals surface area contributed by atoms with Crippen molar-refractivity contribution in [3.8, 4) is 17.2 Å². The van der Waals surface area contributed by atoms with Gasteiger partial charge in [-0.05, 0) is 25.8 Å². The van der Waals surface area contributed by atoms with Gasteiger partial charge >= 0.3 is 0 Å². The zero-order chi connectivity index (χ0) is 27.0. The predicted molar refractivity (Wildman–Crippen MR) is 127 cm³/mol. The van der Waals surface area contributed by atoms with Gasteiger partial charge < -0.3 is 35.0 Å². The first-order chi connectivity index (χ1) is 17.4. The van der Waals surface area contributed by atoms with Gasteiger partial charge in [-0.25, -0.2) is 0 Å². The Bertz CT molecular complexity index is 1340. The van der Waals surface area contributed by atoms with E-state index < -0.39 is 82.3 Å². The monoisotopic (exact) mass is 512 g/mol. The van der Waals surface area contributed by atoms with E-state index in [1.165, 1.54) is 25.1 Å². The molecule has 3 aliphatic rings. The maximum absolute atomic E-state index is 13.4. The molecule has 5 N–H and O–H groups in total. The van der Waals surface area contributed by atoms with Gasteiger partial charge in [0, 0.05) is 36.0 Å². The molecule has 37 heavy (non-hydrogen) atoms. The molecule has 0 spiro atoms. The number of rotatable bonds is 3. The van der Waals surface area contributed by atoms with Crippen LogP contribution in [0.25, 0.3) is 0 Å². The largest absolute Gasteiger partial charge is 0.507 e. The Morgan fingerprint density at radius 2 is 1.73 bits per heavy atom. The molecule has 5 rings (SSSR count). The van der Waals surface area contributed by atoms with Crippen molar-refractivity contribution in [2.45, 2.75) is 70.2 Å². The molecular formula is C27H28O10. The zero-order valence-electron chi connectivity index (χ0n) is 20.5. The van der Waals surface area contributed by atoms with Crippen LogP contribution in [-0.4, -0.2) is 67.0 Å². The SMILES string of the molecule is CC(=O)[C@]1(O)Cc2c(O)c3c(c(O)c2[C@@H](OC2CC(C)C(O)C(C)O2)C1)C(=O)c1c(O)cccc1C3=O. The summed E-state index contributed by atoms with van der Waals surface area (Å²) < 4.78 is 11.9. The molecule has 0 aromatic heterocycles. The molecule has 0 radical (unpaired) electrons. The number of ketones is 3. The van der Waals surface area contributed by atoms with Gasteiger partial charge in [0.05, 0.1) is 35.0 Å². The molecule has 1 aliphatic heterocycles. The van der Waals surface area contributed by atoms with Gasteiger partial charge in [0.1, 0.15) is 22.8 Å². The third kappa shape index (κ3) is 3.74. The summed E-state index contributed by atoms with van der Waals surface area (Å²) >= 11 is 0. The average molecular weight is 513 g/mol. The van der Waals surface area contributed by atoms with Gasteiger partial charge in [-0.2, -0.15) is 0 Å². The minimum absolute atomic E-state index is 0.0442. The van der Waals surface area contributed by atoms with Gasteiger partial charge in [0.15, 0.2) is 17.9 Å². The third-order valence-corrected chi connectivity index (χ3v) is 7.84. The number of aliphatic hydroxyl groups excluding tert-OH is 1. The van der Waals surface area contributed by atoms with E-state index in [1.807, 2.05) is 6.92 Å². The third-order valence-electron chi connectivity index (χ3n) is 7.84. The van der Waals surface area contributed by atoms with Crippen molar-refractivity contribution >= 4 is 17.3 Å². The zero-order valence-corrected chi connectivity index (χ0v) is 20.5. The minimum atomic E-state index is -1.99. The molecule has 196 valence electrons. The molecule has 1 fully saturated rings. The summed E-state index contributed by atoms with van der Waals surface area (Å²) in [4.78, 5) is 39.2. The fraction of sp³-hybridized carbons (Fsp3) is 0.444. The average Bonchev–Trinajstić information content (AvgIpc) is 2.82. The number of carbonyl (C=O) groups excluding carboxylic acids is 3. The van der Waals surface area contributed by atoms with Gasteiger partial charge in [-0.1, -0.05) is 19.1 Å². The lowest BCUT2D eigenvalue weighted by Crippen LogP contribution is -2.47. The summed E-state index contributed by atoms with van der Waals surface area (Å²) in [6, 6.07) is 3.94. The van der Waals surface area contributed by atoms with Crippen molar-refractivity contribution in [1.82, 2.24) is 0 Å². The van der Waals surface area contributed by atoms with Crippen LogP contribution >= 0.6 is 0 Å². The molecule has 1 saturated heterocycles. The van der Waals surface area contributed by atoms with Crippen molar-refractivity contribution in [3.63, 3.8) is 0 Å². The summed E-state index contributed by atoms with van der Waals surface area (Å²) in [7, 11) is 0. The summed E-state index contributed by atoms with van der Waals surface area (Å²) in [6.07, 6.45) is -3.86. The molecule has 1 heterocycles. The Balaban J connectivity index is 1.68. The normalized spacial score (nSPS) is 30.9. The lowest BCUT2D eigenvalue weighted by Gasteiger charge is -2.42. The Hall–Kier alpha value is -3.31. The number of hydrogen-bond donors (Lipinski definition) is 5. The molecule has 4 unspecified atom stereocenters. The predicted octanol–water partition coefficient (Wildman–Crippen LogP) is 2.03. The molecule has 0 amide bonds. The van der Waals surface area contributed by atoms with Crippen molar-refractivity contribution in [3.05, 3.63) is 51.6 Å². The van der Waals surface area contributed by atoms with E-state index >= 15 is 0 Å². The Morgan fingerprint density at radius 3 is 2.38 bits per heavy atom. The molecule has 2 aliphatic carbocycles. The number of aliphatic hydroxyl groups is 2. The summed E-state index contributed by atoms with van der Waals surface area (Å²) in [6.45, 7) is 4.67. The number of phenolic OH excluding ortho intramolecular Hbond substituents is 3. The van der Waals surface area contributed by atoms with E-state index in [4.69, 9.17) is 9.47 Å². The quantitative estimate of drug-likeness (QED) is 0.327. The molecule has 6 atom stereocenters. The van der Waals surface area contributed by atoms with Gasteiger partial charge in [0.2, 0.25) is 5.78 Å². The highest BCUT2D eigenvalue weighted by atomic mass is 16.7. The first-order valence-corrected chi connectivity index (χ1v) is 12.1. The van der Waals surface area contributed by atoms with E-state index in [-0.39, 0.29) is 41.0 Å². The number of hydrogen-bond acceptors (Lipinski definition) is 10. The van der Waals surface area contributed by atoms with Crippen molar-refractivity contribution in [2.75, 3.05) is 0 Å². The fourth-order valence-corrected chi connectivity index (χ4v) is 5.70. The van der Waals surface area contributed by atoms with Gasteiger partial charge in [0.25, 0.3) is 0 Å². The lowest BCUT2D eigenvalue weighted by molar-refractivity contribution is -0.255. The maximum atomic E-state index is 13.4. The molecule has 2 aromatic rings. The van der Waals surface area contributed by atoms with Crippen molar-refractivity contribution < 1.29 is 49.4 Å². The van der Waals surface area contributed by atoms with Crippen LogP contribution in [0.1, 0.15) is 82.7 Å². The van der Waals surface area contributed by atoms with Crippen molar-refractivity contribution in [1.29, 1.82) is 0 Å². The molecule has 10 nitrogen and oxygen atoms in total. The first-order valence-electron chi connectivity index (χ1n) is 12.1. The number of phenols is 3. The summed E-state index contributed by atoms with van der Waals surface area (Å²) in [5.41, 5.74) is -3.52. The maximum Gasteiger partial charge on any atom is 0.202 e. The second-order valence-corrected chi connectivity index (χ2v) is 10.3. The molecule has 0 saturated carbocycles. The smallest absolute Gasteiger partial charge is 0.202 e. The van der Waals surface area contributed by atoms with Crippen LogP contribution in [0, 0.1) is 5.92 Å². The molecule has 0 bridgehead atoms. The first kappa shape index (κ1) is 25.3. The highest BCUT2D eigenvalue weighted by molar-refractivity contribution is 6.31. The number of Topliss-reactive ketones (excluding diaryl/α,β-unsaturated/α-hetero) is 1. The van der Waals surface area contributed by atoms with E-state index in [0.29, 0.717) is 0 Å². The molecule has 2 aromatic carbocycles. The summed E-state index contributed by atoms with van der Waals surface area (Å²) in [5, 5.41) is 54.3. The lowest BCUT2D eigenvalue weighted by atomic mass is 9.72. The topological polar surface area (TPSA) is 171 Å². The van der Waals surface area contributed by atoms with Crippen LogP contribution in [-0.2, 0) is 20.7 Å². The van der Waals surface area contributed by atoms with Crippen LogP contribution < -0.4 is 0 Å². The fourth-order valence-electron chi connectivity index (χ4n) is 5.70. The molecule has 10 heteroatoms. The van der Waals surface area contributed by atoms with Crippen LogP contribution in [0.15, 0.2) is 18.2 Å². The second kappa shape index (κ2) is 8.63. The number of fused-ring (bicyclic) bond motifs is 3. The van der Waals surface area contributed by atoms with E-state index in [9.17, 15) is 39.9 Å². The van der Waals surface area contributed by atoms with E-state index in [1.54, 1.807) is 6.92 Å². The van der Waals surface area contributed by atoms with E-state index in [0.717, 1.165) is 0 Å². The standard InChI is InChI=1S/C27H28O10/c1-10-7-17(36-11(2)22(10)30)37-16-9-27(35,12(3)28)8-14-19(16)26(34)21-20(24(14)32)23(31)13-5-4-6-15(29)18(13)25(21)33/h4-6,10-11,16-17,22,29-30,32,34-35H,7-9H2,1-3H3/t10?,11?,16-,17?,22?,27-/m0/s1. The highest BCUT2D eigenvalue weighted by Crippen LogP contribution is 2.52. The second-order valence-electron chi connectivity index (χ2n) is 10.3. The van der Waals surface area contributed by atoms with Gasteiger partial charge in [-0.15, -0.1) is 0 Å². The minimum Gasteiger partial charge on any atom is -0.507 e. The number of carbonyl (C=O) groups is 3. The van der Waals surface area contributed by atoms with Crippen LogP contribution in [0.4, 0.5) is 0 Å².